The van der Waals surface area contributed by atoms with Gasteiger partial charge in [0.15, 0.2) is 0 Å². The summed E-state index contributed by atoms with van der Waals surface area (Å²) in [5.41, 5.74) is 0. The van der Waals surface area contributed by atoms with Gasteiger partial charge in [-0.1, -0.05) is 13.0 Å². The number of likely N-dealkylation sites (N-methyl/N-ethyl adjacent to an activating group) is 1. The molecule has 0 radical (unpaired) electrons. The molecular weight excluding hydrogens is 341 g/mol. The van der Waals surface area contributed by atoms with Gasteiger partial charge in [-0.3, -0.25) is 9.69 Å². The number of carboxylic acid groups (broad SMARTS) is 1. The highest BCUT2D eigenvalue weighted by molar-refractivity contribution is 5.74. The number of aliphatic carboxylic acids is 1. The molecule has 7 nitrogen and oxygen atoms in total. The average Bonchev–Trinajstić information content (AvgIpc) is 2.54. The van der Waals surface area contributed by atoms with E-state index in [4.69, 9.17) is 9.84 Å². The predicted molar refractivity (Wildman–Crippen MR) is 94.7 cm³/mol. The topological polar surface area (TPSA) is 90.9 Å². The van der Waals surface area contributed by atoms with Crippen LogP contribution in [0, 0.1) is 5.82 Å². The third kappa shape index (κ3) is 6.18. The van der Waals surface area contributed by atoms with E-state index in [2.05, 4.69) is 10.6 Å². The maximum Gasteiger partial charge on any atom is 0.317 e. The molecule has 0 bridgehead atoms. The minimum atomic E-state index is -0.840. The maximum atomic E-state index is 13.1. The number of nitrogens with zero attached hydrogens (tertiary/aromatic N) is 1. The van der Waals surface area contributed by atoms with E-state index in [1.807, 2.05) is 11.8 Å². The summed E-state index contributed by atoms with van der Waals surface area (Å²) in [6.07, 6.45) is 1.18. The van der Waals surface area contributed by atoms with E-state index < -0.39 is 5.97 Å². The van der Waals surface area contributed by atoms with Crippen molar-refractivity contribution in [2.75, 3.05) is 19.6 Å². The Morgan fingerprint density at radius 3 is 2.77 bits per heavy atom. The largest absolute Gasteiger partial charge is 0.489 e. The molecule has 1 atom stereocenters. The van der Waals surface area contributed by atoms with Gasteiger partial charge in [0.25, 0.3) is 0 Å². The fourth-order valence-corrected chi connectivity index (χ4v) is 2.96. The molecular formula is C18H26FN3O4. The van der Waals surface area contributed by atoms with Gasteiger partial charge in [0.1, 0.15) is 17.7 Å². The SMILES string of the molecule is CCN(CC(=O)O)C1CC(NC(=O)NCC(C)Oc2cccc(F)c2)C1. The van der Waals surface area contributed by atoms with Gasteiger partial charge in [-0.15, -0.1) is 0 Å². The molecule has 2 rings (SSSR count). The summed E-state index contributed by atoms with van der Waals surface area (Å²) >= 11 is 0. The number of urea groups is 1. The molecule has 8 heteroatoms. The summed E-state index contributed by atoms with van der Waals surface area (Å²) in [5, 5.41) is 14.5. The molecule has 1 unspecified atom stereocenters. The number of hydrogen-bond acceptors (Lipinski definition) is 4. The van der Waals surface area contributed by atoms with Crippen molar-refractivity contribution in [1.29, 1.82) is 0 Å². The molecule has 0 heterocycles. The second-order valence-corrected chi connectivity index (χ2v) is 6.52. The molecule has 0 spiro atoms. The van der Waals surface area contributed by atoms with Crippen LogP contribution in [0.25, 0.3) is 0 Å². The van der Waals surface area contributed by atoms with E-state index in [1.165, 1.54) is 12.1 Å². The molecule has 1 aliphatic rings. The fourth-order valence-electron chi connectivity index (χ4n) is 2.96. The van der Waals surface area contributed by atoms with Crippen LogP contribution >= 0.6 is 0 Å². The number of benzene rings is 1. The van der Waals surface area contributed by atoms with Gasteiger partial charge in [-0.25, -0.2) is 9.18 Å². The number of carboxylic acids is 1. The molecule has 26 heavy (non-hydrogen) atoms. The van der Waals surface area contributed by atoms with E-state index in [-0.39, 0.29) is 36.6 Å². The van der Waals surface area contributed by atoms with Gasteiger partial charge in [0.2, 0.25) is 0 Å². The van der Waals surface area contributed by atoms with Crippen LogP contribution in [0.15, 0.2) is 24.3 Å². The maximum absolute atomic E-state index is 13.1. The first-order valence-electron chi connectivity index (χ1n) is 8.79. The van der Waals surface area contributed by atoms with Gasteiger partial charge < -0.3 is 20.5 Å². The molecule has 1 fully saturated rings. The molecule has 1 aromatic rings. The highest BCUT2D eigenvalue weighted by atomic mass is 19.1. The van der Waals surface area contributed by atoms with E-state index in [0.29, 0.717) is 18.8 Å². The van der Waals surface area contributed by atoms with Crippen molar-refractivity contribution in [2.45, 2.75) is 44.9 Å². The summed E-state index contributed by atoms with van der Waals surface area (Å²) in [7, 11) is 0. The summed E-state index contributed by atoms with van der Waals surface area (Å²) in [5.74, 6) is -0.795. The molecule has 0 saturated heterocycles. The Bertz CT molecular complexity index is 622. The zero-order valence-corrected chi connectivity index (χ0v) is 15.1. The van der Waals surface area contributed by atoms with Crippen molar-refractivity contribution in [2.24, 2.45) is 0 Å². The number of ether oxygens (including phenoxy) is 1. The molecule has 0 aromatic heterocycles. The predicted octanol–water partition coefficient (Wildman–Crippen LogP) is 1.83. The Hall–Kier alpha value is -2.35. The molecule has 144 valence electrons. The molecule has 1 saturated carbocycles. The number of nitrogens with one attached hydrogen (secondary N) is 2. The van der Waals surface area contributed by atoms with Crippen LogP contribution in [0.4, 0.5) is 9.18 Å². The van der Waals surface area contributed by atoms with Gasteiger partial charge >= 0.3 is 12.0 Å². The van der Waals surface area contributed by atoms with Crippen molar-refractivity contribution < 1.29 is 23.8 Å². The first-order chi connectivity index (χ1) is 12.4. The number of carbonyl (C=O) groups excluding carboxylic acids is 1. The van der Waals surface area contributed by atoms with Crippen LogP contribution in [0.3, 0.4) is 0 Å². The highest BCUT2D eigenvalue weighted by Gasteiger charge is 2.34. The number of hydrogen-bond donors (Lipinski definition) is 3. The van der Waals surface area contributed by atoms with E-state index in [0.717, 1.165) is 12.8 Å². The van der Waals surface area contributed by atoms with Crippen molar-refractivity contribution in [1.82, 2.24) is 15.5 Å². The lowest BCUT2D eigenvalue weighted by molar-refractivity contribution is -0.139. The first-order valence-corrected chi connectivity index (χ1v) is 8.79. The molecule has 0 aliphatic heterocycles. The monoisotopic (exact) mass is 367 g/mol. The lowest BCUT2D eigenvalue weighted by Gasteiger charge is -2.42. The first kappa shape index (κ1) is 20.0. The van der Waals surface area contributed by atoms with E-state index in [1.54, 1.807) is 19.1 Å². The summed E-state index contributed by atoms with van der Waals surface area (Å²) < 4.78 is 18.7. The zero-order valence-electron chi connectivity index (χ0n) is 15.1. The zero-order chi connectivity index (χ0) is 19.1. The number of halogens is 1. The van der Waals surface area contributed by atoms with Crippen molar-refractivity contribution in [3.63, 3.8) is 0 Å². The third-order valence-corrected chi connectivity index (χ3v) is 4.39. The minimum absolute atomic E-state index is 0.0228. The fraction of sp³-hybridized carbons (Fsp3) is 0.556. The number of amides is 2. The van der Waals surface area contributed by atoms with Crippen molar-refractivity contribution >= 4 is 12.0 Å². The van der Waals surface area contributed by atoms with Crippen LogP contribution in [0.2, 0.25) is 0 Å². The molecule has 1 aromatic carbocycles. The second-order valence-electron chi connectivity index (χ2n) is 6.52. The normalized spacial score (nSPS) is 20.2. The van der Waals surface area contributed by atoms with Crippen LogP contribution in [-0.4, -0.2) is 59.8 Å². The smallest absolute Gasteiger partial charge is 0.317 e. The van der Waals surface area contributed by atoms with Crippen LogP contribution < -0.4 is 15.4 Å². The molecule has 3 N–H and O–H groups in total. The van der Waals surface area contributed by atoms with E-state index >= 15 is 0 Å². The van der Waals surface area contributed by atoms with Crippen molar-refractivity contribution in [3.05, 3.63) is 30.1 Å². The van der Waals surface area contributed by atoms with Crippen LogP contribution in [-0.2, 0) is 4.79 Å². The lowest BCUT2D eigenvalue weighted by Crippen LogP contribution is -2.56. The average molecular weight is 367 g/mol. The third-order valence-electron chi connectivity index (χ3n) is 4.39. The Balaban J connectivity index is 1.64. The summed E-state index contributed by atoms with van der Waals surface area (Å²) in [6.45, 7) is 4.70. The Labute approximate surface area is 152 Å². The molecule has 1 aliphatic carbocycles. The quantitative estimate of drug-likeness (QED) is 0.619. The van der Waals surface area contributed by atoms with Gasteiger partial charge in [0, 0.05) is 18.2 Å². The number of carbonyl (C=O) groups is 2. The Morgan fingerprint density at radius 1 is 1.42 bits per heavy atom. The summed E-state index contributed by atoms with van der Waals surface area (Å²) in [6, 6.07) is 5.80. The van der Waals surface area contributed by atoms with Gasteiger partial charge in [-0.05, 0) is 38.4 Å². The minimum Gasteiger partial charge on any atom is -0.489 e. The highest BCUT2D eigenvalue weighted by Crippen LogP contribution is 2.25. The van der Waals surface area contributed by atoms with Crippen LogP contribution in [0.1, 0.15) is 26.7 Å². The Kier molecular flexibility index (Phi) is 7.20. The van der Waals surface area contributed by atoms with E-state index in [9.17, 15) is 14.0 Å². The standard InChI is InChI=1S/C18H26FN3O4/c1-3-22(11-17(23)24)15-8-14(9-15)21-18(25)20-10-12(2)26-16-6-4-5-13(19)7-16/h4-7,12,14-15H,3,8-11H2,1-2H3,(H,23,24)(H2,20,21,25). The van der Waals surface area contributed by atoms with Crippen LogP contribution in [0.5, 0.6) is 5.75 Å². The van der Waals surface area contributed by atoms with Gasteiger partial charge in [-0.2, -0.15) is 0 Å². The molecule has 2 amide bonds. The second kappa shape index (κ2) is 9.38. The van der Waals surface area contributed by atoms with Crippen molar-refractivity contribution in [3.8, 4) is 5.75 Å². The number of rotatable bonds is 9. The van der Waals surface area contributed by atoms with Gasteiger partial charge in [0.05, 0.1) is 13.1 Å². The Morgan fingerprint density at radius 2 is 2.15 bits per heavy atom. The summed E-state index contributed by atoms with van der Waals surface area (Å²) in [4.78, 5) is 24.6. The lowest BCUT2D eigenvalue weighted by atomic mass is 9.85.